The molecule has 0 saturated carbocycles. The number of morpholine rings is 1. The zero-order chi connectivity index (χ0) is 17.7. The van der Waals surface area contributed by atoms with Crippen LogP contribution in [0.15, 0.2) is 23.1 Å². The number of carbonyl (C=O) groups is 1. The third-order valence-electron chi connectivity index (χ3n) is 3.19. The lowest BCUT2D eigenvalue weighted by atomic mass is 10.2. The molecular weight excluding hydrogens is 351 g/mol. The molecule has 1 saturated heterocycles. The minimum absolute atomic E-state index is 0.00636. The molecule has 0 aromatic heterocycles. The van der Waals surface area contributed by atoms with Crippen molar-refractivity contribution in [2.24, 2.45) is 0 Å². The first kappa shape index (κ1) is 18.3. The molecule has 0 unspecified atom stereocenters. The smallest absolute Gasteiger partial charge is 0.378 e. The molecule has 11 heteroatoms. The van der Waals surface area contributed by atoms with Crippen LogP contribution >= 0.6 is 11.8 Å². The molecule has 1 amide bonds. The van der Waals surface area contributed by atoms with Gasteiger partial charge >= 0.3 is 5.51 Å². The highest BCUT2D eigenvalue weighted by atomic mass is 32.2. The summed E-state index contributed by atoms with van der Waals surface area (Å²) in [5, 5.41) is 13.7. The summed E-state index contributed by atoms with van der Waals surface area (Å²) < 4.78 is 42.2. The number of alkyl halides is 3. The van der Waals surface area contributed by atoms with Crippen LogP contribution in [0.25, 0.3) is 0 Å². The second kappa shape index (κ2) is 7.71. The number of carbonyl (C=O) groups excluding carboxylic acids is 1. The molecule has 1 fully saturated rings. The van der Waals surface area contributed by atoms with Gasteiger partial charge in [-0.1, -0.05) is 0 Å². The first-order valence-corrected chi connectivity index (χ1v) is 7.71. The van der Waals surface area contributed by atoms with E-state index in [-0.39, 0.29) is 23.0 Å². The summed E-state index contributed by atoms with van der Waals surface area (Å²) in [7, 11) is 0. The van der Waals surface area contributed by atoms with Crippen LogP contribution in [0, 0.1) is 10.1 Å². The SMILES string of the molecule is O=C(CNc1ccc(SC(F)(F)F)cc1[N+](=O)[O-])N1CCOCC1. The van der Waals surface area contributed by atoms with Crippen molar-refractivity contribution in [1.82, 2.24) is 4.90 Å². The number of anilines is 1. The second-order valence-corrected chi connectivity index (χ2v) is 5.97. The van der Waals surface area contributed by atoms with Crippen LogP contribution < -0.4 is 5.32 Å². The minimum atomic E-state index is -4.53. The highest BCUT2D eigenvalue weighted by Crippen LogP contribution is 2.39. The summed E-state index contributed by atoms with van der Waals surface area (Å²) in [6, 6.07) is 3.12. The zero-order valence-electron chi connectivity index (χ0n) is 12.3. The lowest BCUT2D eigenvalue weighted by Gasteiger charge is -2.27. The number of nitrogens with one attached hydrogen (secondary N) is 1. The largest absolute Gasteiger partial charge is 0.446 e. The predicted octanol–water partition coefficient (Wildman–Crippen LogP) is 2.48. The Morgan fingerprint density at radius 2 is 2.04 bits per heavy atom. The Balaban J connectivity index is 2.06. The van der Waals surface area contributed by atoms with E-state index in [1.807, 2.05) is 0 Å². The van der Waals surface area contributed by atoms with Gasteiger partial charge in [0, 0.05) is 24.1 Å². The molecule has 1 aliphatic heterocycles. The summed E-state index contributed by atoms with van der Waals surface area (Å²) >= 11 is -0.433. The maximum absolute atomic E-state index is 12.4. The molecule has 132 valence electrons. The normalized spacial score (nSPS) is 15.2. The maximum atomic E-state index is 12.4. The van der Waals surface area contributed by atoms with Crippen LogP contribution in [0.4, 0.5) is 24.5 Å². The average Bonchev–Trinajstić information content (AvgIpc) is 2.52. The Kier molecular flexibility index (Phi) is 5.89. The van der Waals surface area contributed by atoms with Crippen molar-refractivity contribution >= 4 is 29.0 Å². The Morgan fingerprint density at radius 1 is 1.38 bits per heavy atom. The number of nitro benzene ring substituents is 1. The monoisotopic (exact) mass is 365 g/mol. The summed E-state index contributed by atoms with van der Waals surface area (Å²) in [5.41, 5.74) is -5.05. The van der Waals surface area contributed by atoms with Gasteiger partial charge in [-0.05, 0) is 23.9 Å². The van der Waals surface area contributed by atoms with E-state index in [9.17, 15) is 28.1 Å². The first-order valence-electron chi connectivity index (χ1n) is 6.90. The average molecular weight is 365 g/mol. The van der Waals surface area contributed by atoms with Crippen LogP contribution in [0.3, 0.4) is 0 Å². The second-order valence-electron chi connectivity index (χ2n) is 4.83. The van der Waals surface area contributed by atoms with Gasteiger partial charge in [-0.3, -0.25) is 14.9 Å². The molecule has 24 heavy (non-hydrogen) atoms. The quantitative estimate of drug-likeness (QED) is 0.490. The summed E-state index contributed by atoms with van der Waals surface area (Å²) in [6.45, 7) is 1.53. The molecule has 0 spiro atoms. The summed E-state index contributed by atoms with van der Waals surface area (Å²) in [6.07, 6.45) is 0. The van der Waals surface area contributed by atoms with Crippen LogP contribution in [-0.4, -0.2) is 54.1 Å². The van der Waals surface area contributed by atoms with E-state index in [1.165, 1.54) is 6.07 Å². The molecule has 1 N–H and O–H groups in total. The summed E-state index contributed by atoms with van der Waals surface area (Å²) in [4.78, 5) is 23.5. The molecule has 7 nitrogen and oxygen atoms in total. The van der Waals surface area contributed by atoms with Crippen molar-refractivity contribution in [3.63, 3.8) is 0 Å². The number of benzene rings is 1. The number of nitrogens with zero attached hydrogens (tertiary/aromatic N) is 2. The van der Waals surface area contributed by atoms with Crippen molar-refractivity contribution in [1.29, 1.82) is 0 Å². The van der Waals surface area contributed by atoms with Gasteiger partial charge in [0.2, 0.25) is 5.91 Å². The maximum Gasteiger partial charge on any atom is 0.446 e. The topological polar surface area (TPSA) is 84.7 Å². The van der Waals surface area contributed by atoms with Gasteiger partial charge in [0.15, 0.2) is 0 Å². The van der Waals surface area contributed by atoms with Gasteiger partial charge in [0.05, 0.1) is 24.7 Å². The number of nitro groups is 1. The third kappa shape index (κ3) is 5.27. The van der Waals surface area contributed by atoms with E-state index < -0.39 is 27.9 Å². The van der Waals surface area contributed by atoms with Gasteiger partial charge in [-0.25, -0.2) is 0 Å². The van der Waals surface area contributed by atoms with Crippen molar-refractivity contribution < 1.29 is 27.6 Å². The van der Waals surface area contributed by atoms with E-state index in [0.717, 1.165) is 12.1 Å². The number of rotatable bonds is 5. The summed E-state index contributed by atoms with van der Waals surface area (Å²) in [5.74, 6) is -0.263. The van der Waals surface area contributed by atoms with Gasteiger partial charge < -0.3 is 15.0 Å². The van der Waals surface area contributed by atoms with Gasteiger partial charge in [-0.15, -0.1) is 0 Å². The van der Waals surface area contributed by atoms with Crippen molar-refractivity contribution in [2.75, 3.05) is 38.2 Å². The molecule has 0 radical (unpaired) electrons. The van der Waals surface area contributed by atoms with Gasteiger partial charge in [0.25, 0.3) is 5.69 Å². The molecule has 1 heterocycles. The van der Waals surface area contributed by atoms with Crippen molar-refractivity contribution in [3.05, 3.63) is 28.3 Å². The molecular formula is C13H14F3N3O4S. The van der Waals surface area contributed by atoms with E-state index in [1.54, 1.807) is 4.90 Å². The molecule has 0 aliphatic carbocycles. The predicted molar refractivity (Wildman–Crippen MR) is 80.9 cm³/mol. The van der Waals surface area contributed by atoms with Crippen molar-refractivity contribution in [3.8, 4) is 0 Å². The molecule has 1 aromatic rings. The third-order valence-corrected chi connectivity index (χ3v) is 3.91. The molecule has 1 aliphatic rings. The number of ether oxygens (including phenoxy) is 1. The Hall–Kier alpha value is -2.01. The van der Waals surface area contributed by atoms with Crippen LogP contribution in [0.2, 0.25) is 0 Å². The standard InChI is InChI=1S/C13H14F3N3O4S/c14-13(15,16)24-9-1-2-10(11(7-9)19(21)22)17-8-12(20)18-3-5-23-6-4-18/h1-2,7,17H,3-6,8H2. The zero-order valence-corrected chi connectivity index (χ0v) is 13.2. The van der Waals surface area contributed by atoms with Gasteiger partial charge in [-0.2, -0.15) is 13.2 Å². The highest BCUT2D eigenvalue weighted by Gasteiger charge is 2.30. The lowest BCUT2D eigenvalue weighted by molar-refractivity contribution is -0.384. The number of thioether (sulfide) groups is 1. The molecule has 1 aromatic carbocycles. The Labute approximate surface area is 139 Å². The van der Waals surface area contributed by atoms with Crippen LogP contribution in [0.1, 0.15) is 0 Å². The Morgan fingerprint density at radius 3 is 2.62 bits per heavy atom. The van der Waals surface area contributed by atoms with E-state index in [2.05, 4.69) is 5.32 Å². The fraction of sp³-hybridized carbons (Fsp3) is 0.462. The number of amides is 1. The fourth-order valence-electron chi connectivity index (χ4n) is 2.10. The molecule has 0 atom stereocenters. The first-order chi connectivity index (χ1) is 11.3. The fourth-order valence-corrected chi connectivity index (χ4v) is 2.68. The van der Waals surface area contributed by atoms with E-state index >= 15 is 0 Å². The number of hydrogen-bond acceptors (Lipinski definition) is 6. The highest BCUT2D eigenvalue weighted by molar-refractivity contribution is 8.00. The van der Waals surface area contributed by atoms with Gasteiger partial charge in [0.1, 0.15) is 5.69 Å². The minimum Gasteiger partial charge on any atom is -0.378 e. The molecule has 2 rings (SSSR count). The van der Waals surface area contributed by atoms with Crippen LogP contribution in [-0.2, 0) is 9.53 Å². The van der Waals surface area contributed by atoms with Crippen molar-refractivity contribution in [2.45, 2.75) is 10.4 Å². The van der Waals surface area contributed by atoms with E-state index in [0.29, 0.717) is 26.3 Å². The van der Waals surface area contributed by atoms with E-state index in [4.69, 9.17) is 4.74 Å². The number of halogens is 3. The Bertz CT molecular complexity index is 621. The number of hydrogen-bond donors (Lipinski definition) is 1. The molecule has 0 bridgehead atoms. The van der Waals surface area contributed by atoms with Crippen LogP contribution in [0.5, 0.6) is 0 Å². The lowest BCUT2D eigenvalue weighted by Crippen LogP contribution is -2.43.